The van der Waals surface area contributed by atoms with E-state index >= 15 is 0 Å². The average Bonchev–Trinajstić information content (AvgIpc) is 2.68. The molecular weight excluding hydrogens is 460 g/mol. The van der Waals surface area contributed by atoms with E-state index in [1.165, 1.54) is 6.92 Å². The van der Waals surface area contributed by atoms with Gasteiger partial charge in [-0.2, -0.15) is 13.2 Å². The molecule has 0 radical (unpaired) electrons. The molecule has 1 heterocycles. The maximum absolute atomic E-state index is 13.5. The third kappa shape index (κ3) is 6.49. The lowest BCUT2D eigenvalue weighted by molar-refractivity contribution is -0.274. The number of fused-ring (bicyclic) bond motifs is 1. The SMILES string of the molecule is CCc1cc(OC(F)(F)F)cc2c1O[C@H](C(F)(F)F)C(C(=O)OCOC(=O)CON=O)=C2. The zero-order valence-corrected chi connectivity index (χ0v) is 15.9. The highest BCUT2D eigenvalue weighted by atomic mass is 19.4. The first-order chi connectivity index (χ1) is 14.9. The van der Waals surface area contributed by atoms with Crippen molar-refractivity contribution in [2.75, 3.05) is 13.4 Å². The molecule has 176 valence electrons. The number of aryl methyl sites for hydroxylation is 1. The zero-order valence-electron chi connectivity index (χ0n) is 15.9. The minimum atomic E-state index is -5.10. The molecule has 0 N–H and O–H groups in total. The number of halogens is 6. The molecule has 1 aromatic carbocycles. The second-order valence-electron chi connectivity index (χ2n) is 5.96. The molecule has 32 heavy (non-hydrogen) atoms. The number of hydrogen-bond donors (Lipinski definition) is 0. The van der Waals surface area contributed by atoms with Gasteiger partial charge in [-0.25, -0.2) is 9.59 Å². The molecule has 0 aromatic heterocycles. The van der Waals surface area contributed by atoms with Crippen molar-refractivity contribution in [2.24, 2.45) is 5.34 Å². The molecule has 0 aliphatic carbocycles. The minimum Gasteiger partial charge on any atom is -0.475 e. The van der Waals surface area contributed by atoms with Gasteiger partial charge in [-0.15, -0.1) is 18.1 Å². The van der Waals surface area contributed by atoms with Gasteiger partial charge in [0.25, 0.3) is 0 Å². The summed E-state index contributed by atoms with van der Waals surface area (Å²) in [6, 6.07) is 1.61. The molecule has 9 nitrogen and oxygen atoms in total. The van der Waals surface area contributed by atoms with Crippen LogP contribution in [0.5, 0.6) is 11.5 Å². The van der Waals surface area contributed by atoms with Crippen LogP contribution in [0.25, 0.3) is 6.08 Å². The summed E-state index contributed by atoms with van der Waals surface area (Å²) < 4.78 is 95.6. The standard InChI is InChI=1S/C17H13F6NO8/c1-2-8-3-10(32-17(21,22)23)4-9-5-11(14(16(18,19)20)31-13(8)9)15(26)29-7-28-12(25)6-30-24-27/h3-5,14H,2,6-7H2,1H3/t14-/m0/s1. The van der Waals surface area contributed by atoms with Crippen LogP contribution in [-0.2, 0) is 30.3 Å². The van der Waals surface area contributed by atoms with Gasteiger partial charge in [0, 0.05) is 5.56 Å². The van der Waals surface area contributed by atoms with Crippen LogP contribution in [0.4, 0.5) is 26.3 Å². The van der Waals surface area contributed by atoms with Crippen LogP contribution in [0.1, 0.15) is 18.1 Å². The van der Waals surface area contributed by atoms with E-state index in [1.807, 2.05) is 5.34 Å². The fourth-order valence-electron chi connectivity index (χ4n) is 2.58. The van der Waals surface area contributed by atoms with Gasteiger partial charge in [-0.1, -0.05) is 6.92 Å². The van der Waals surface area contributed by atoms with Gasteiger partial charge in [-0.05, 0) is 30.2 Å². The number of carbonyl (C=O) groups excluding carboxylic acids is 2. The lowest BCUT2D eigenvalue weighted by atomic mass is 9.97. The first kappa shape index (κ1) is 24.7. The van der Waals surface area contributed by atoms with Crippen molar-refractivity contribution in [3.8, 4) is 11.5 Å². The molecule has 1 aliphatic rings. The minimum absolute atomic E-state index is 0.0107. The van der Waals surface area contributed by atoms with Gasteiger partial charge >= 0.3 is 24.5 Å². The summed E-state index contributed by atoms with van der Waals surface area (Å²) in [5.41, 5.74) is -1.44. The number of rotatable bonds is 8. The highest BCUT2D eigenvalue weighted by Gasteiger charge is 2.49. The largest absolute Gasteiger partial charge is 0.573 e. The fraction of sp³-hybridized carbons (Fsp3) is 0.412. The monoisotopic (exact) mass is 473 g/mol. The van der Waals surface area contributed by atoms with Crippen molar-refractivity contribution >= 4 is 18.0 Å². The lowest BCUT2D eigenvalue weighted by Crippen LogP contribution is -2.41. The maximum atomic E-state index is 13.5. The molecular formula is C17H13F6NO8. The van der Waals surface area contributed by atoms with Crippen molar-refractivity contribution in [1.82, 2.24) is 0 Å². The molecule has 1 atom stereocenters. The molecule has 1 aromatic rings. The summed E-state index contributed by atoms with van der Waals surface area (Å²) in [5.74, 6) is -3.96. The predicted molar refractivity (Wildman–Crippen MR) is 89.7 cm³/mol. The zero-order chi connectivity index (χ0) is 24.1. The van der Waals surface area contributed by atoms with E-state index in [2.05, 4.69) is 19.0 Å². The van der Waals surface area contributed by atoms with E-state index in [4.69, 9.17) is 4.74 Å². The van der Waals surface area contributed by atoms with E-state index in [1.54, 1.807) is 0 Å². The second-order valence-corrected chi connectivity index (χ2v) is 5.96. The number of alkyl halides is 6. The predicted octanol–water partition coefficient (Wildman–Crippen LogP) is 3.60. The first-order valence-electron chi connectivity index (χ1n) is 8.50. The number of esters is 2. The third-order valence-corrected chi connectivity index (χ3v) is 3.79. The Morgan fingerprint density at radius 3 is 2.38 bits per heavy atom. The molecule has 1 aliphatic heterocycles. The molecule has 15 heteroatoms. The van der Waals surface area contributed by atoms with Crippen LogP contribution in [0.3, 0.4) is 0 Å². The van der Waals surface area contributed by atoms with Crippen LogP contribution >= 0.6 is 0 Å². The van der Waals surface area contributed by atoms with Crippen LogP contribution in [0.15, 0.2) is 23.0 Å². The van der Waals surface area contributed by atoms with Gasteiger partial charge < -0.3 is 23.8 Å². The Morgan fingerprint density at radius 1 is 1.12 bits per heavy atom. The van der Waals surface area contributed by atoms with Crippen molar-refractivity contribution < 1.29 is 59.7 Å². The number of carbonyl (C=O) groups is 2. The molecule has 0 saturated carbocycles. The number of ether oxygens (including phenoxy) is 4. The second kappa shape index (κ2) is 9.74. The average molecular weight is 473 g/mol. The highest BCUT2D eigenvalue weighted by molar-refractivity contribution is 5.96. The Morgan fingerprint density at radius 2 is 1.81 bits per heavy atom. The van der Waals surface area contributed by atoms with E-state index in [0.29, 0.717) is 6.08 Å². The van der Waals surface area contributed by atoms with E-state index in [-0.39, 0.29) is 23.3 Å². The van der Waals surface area contributed by atoms with Crippen molar-refractivity contribution in [2.45, 2.75) is 32.0 Å². The quantitative estimate of drug-likeness (QED) is 0.185. The summed E-state index contributed by atoms with van der Waals surface area (Å²) in [5, 5.41) is 1.90. The summed E-state index contributed by atoms with van der Waals surface area (Å²) in [4.78, 5) is 36.8. The fourth-order valence-corrected chi connectivity index (χ4v) is 2.58. The molecule has 0 unspecified atom stereocenters. The lowest BCUT2D eigenvalue weighted by Gasteiger charge is -2.29. The van der Waals surface area contributed by atoms with Crippen LogP contribution < -0.4 is 9.47 Å². The van der Waals surface area contributed by atoms with E-state index in [9.17, 15) is 40.8 Å². The number of nitrogens with zero attached hydrogens (tertiary/aromatic N) is 1. The summed E-state index contributed by atoms with van der Waals surface area (Å²) in [6.07, 6.45) is -12.3. The van der Waals surface area contributed by atoms with Crippen molar-refractivity contribution in [3.05, 3.63) is 33.7 Å². The highest BCUT2D eigenvalue weighted by Crippen LogP contribution is 2.42. The van der Waals surface area contributed by atoms with Gasteiger partial charge in [0.15, 0.2) is 5.34 Å². The smallest absolute Gasteiger partial charge is 0.475 e. The molecule has 0 amide bonds. The molecule has 2 rings (SSSR count). The van der Waals surface area contributed by atoms with Crippen LogP contribution in [-0.4, -0.2) is 44.0 Å². The van der Waals surface area contributed by atoms with Gasteiger partial charge in [-0.3, -0.25) is 0 Å². The van der Waals surface area contributed by atoms with Gasteiger partial charge in [0.05, 0.1) is 5.57 Å². The Hall–Kier alpha value is -3.52. The summed E-state index contributed by atoms with van der Waals surface area (Å²) >= 11 is 0. The van der Waals surface area contributed by atoms with Crippen molar-refractivity contribution in [3.63, 3.8) is 0 Å². The Balaban J connectivity index is 2.34. The molecule has 0 saturated heterocycles. The Bertz CT molecular complexity index is 912. The van der Waals surface area contributed by atoms with E-state index in [0.717, 1.165) is 12.1 Å². The van der Waals surface area contributed by atoms with E-state index < -0.39 is 55.3 Å². The van der Waals surface area contributed by atoms with Crippen molar-refractivity contribution in [1.29, 1.82) is 0 Å². The Labute approximate surface area is 174 Å². The summed E-state index contributed by atoms with van der Waals surface area (Å²) in [6.45, 7) is -0.621. The third-order valence-electron chi connectivity index (χ3n) is 3.79. The first-order valence-corrected chi connectivity index (χ1v) is 8.50. The summed E-state index contributed by atoms with van der Waals surface area (Å²) in [7, 11) is 0. The topological polar surface area (TPSA) is 110 Å². The normalized spacial score (nSPS) is 15.6. The number of hydrogen-bond acceptors (Lipinski definition) is 9. The van der Waals surface area contributed by atoms with Gasteiger partial charge in [0.2, 0.25) is 19.5 Å². The Kier molecular flexibility index (Phi) is 7.53. The molecule has 0 spiro atoms. The van der Waals surface area contributed by atoms with Gasteiger partial charge in [0.1, 0.15) is 11.5 Å². The maximum Gasteiger partial charge on any atom is 0.573 e. The number of benzene rings is 1. The molecule has 0 bridgehead atoms. The molecule has 0 fully saturated rings. The van der Waals surface area contributed by atoms with Crippen LogP contribution in [0.2, 0.25) is 0 Å². The van der Waals surface area contributed by atoms with Crippen LogP contribution in [0, 0.1) is 4.91 Å².